The topological polar surface area (TPSA) is 70.2 Å². The van der Waals surface area contributed by atoms with E-state index < -0.39 is 0 Å². The van der Waals surface area contributed by atoms with Crippen LogP contribution in [0, 0.1) is 0 Å². The SMILES string of the molecule is CC1NCCCC1NC(=O)c1ccc(NC(=O)CSc2cccs2)cc1.Cl. The molecule has 0 radical (unpaired) electrons. The van der Waals surface area contributed by atoms with Gasteiger partial charge in [-0.25, -0.2) is 0 Å². The molecular weight excluding hydrogens is 402 g/mol. The van der Waals surface area contributed by atoms with Crippen molar-refractivity contribution < 1.29 is 9.59 Å². The van der Waals surface area contributed by atoms with Crippen LogP contribution in [0.3, 0.4) is 0 Å². The second-order valence-electron chi connectivity index (χ2n) is 6.31. The first-order valence-corrected chi connectivity index (χ1v) is 10.6. The van der Waals surface area contributed by atoms with Crippen LogP contribution in [0.5, 0.6) is 0 Å². The maximum atomic E-state index is 12.4. The molecule has 8 heteroatoms. The van der Waals surface area contributed by atoms with E-state index in [4.69, 9.17) is 0 Å². The molecule has 0 bridgehead atoms. The molecule has 2 unspecified atom stereocenters. The molecule has 3 N–H and O–H groups in total. The molecular formula is C19H24ClN3O2S2. The minimum absolute atomic E-state index is 0. The van der Waals surface area contributed by atoms with Crippen LogP contribution in [-0.4, -0.2) is 36.2 Å². The fraction of sp³-hybridized carbons (Fsp3) is 0.368. The lowest BCUT2D eigenvalue weighted by Crippen LogP contribution is -2.51. The van der Waals surface area contributed by atoms with E-state index in [2.05, 4.69) is 22.9 Å². The number of thioether (sulfide) groups is 1. The monoisotopic (exact) mass is 425 g/mol. The maximum Gasteiger partial charge on any atom is 0.251 e. The van der Waals surface area contributed by atoms with Crippen molar-refractivity contribution in [2.24, 2.45) is 0 Å². The number of carbonyl (C=O) groups excluding carboxylic acids is 2. The van der Waals surface area contributed by atoms with E-state index in [1.54, 1.807) is 35.6 Å². The zero-order chi connectivity index (χ0) is 18.4. The number of thiophene rings is 1. The summed E-state index contributed by atoms with van der Waals surface area (Å²) in [6.45, 7) is 3.10. The van der Waals surface area contributed by atoms with Crippen molar-refractivity contribution in [2.75, 3.05) is 17.6 Å². The van der Waals surface area contributed by atoms with Gasteiger partial charge in [-0.3, -0.25) is 9.59 Å². The van der Waals surface area contributed by atoms with Gasteiger partial charge in [0, 0.05) is 23.3 Å². The first-order chi connectivity index (χ1) is 12.6. The van der Waals surface area contributed by atoms with Gasteiger partial charge in [0.1, 0.15) is 0 Å². The first kappa shape index (κ1) is 21.8. The number of halogens is 1. The lowest BCUT2D eigenvalue weighted by Gasteiger charge is -2.30. The van der Waals surface area contributed by atoms with Gasteiger partial charge in [-0.1, -0.05) is 6.07 Å². The number of hydrogen-bond acceptors (Lipinski definition) is 5. The number of anilines is 1. The Morgan fingerprint density at radius 1 is 1.26 bits per heavy atom. The summed E-state index contributed by atoms with van der Waals surface area (Å²) < 4.78 is 1.12. The van der Waals surface area contributed by atoms with Crippen LogP contribution in [0.2, 0.25) is 0 Å². The predicted octanol–water partition coefficient (Wildman–Crippen LogP) is 3.77. The third kappa shape index (κ3) is 6.53. The smallest absolute Gasteiger partial charge is 0.251 e. The molecule has 27 heavy (non-hydrogen) atoms. The van der Waals surface area contributed by atoms with Gasteiger partial charge in [0.25, 0.3) is 5.91 Å². The van der Waals surface area contributed by atoms with E-state index in [-0.39, 0.29) is 36.3 Å². The average molecular weight is 426 g/mol. The molecule has 0 spiro atoms. The molecule has 3 rings (SSSR count). The first-order valence-electron chi connectivity index (χ1n) is 8.72. The van der Waals surface area contributed by atoms with Crippen molar-refractivity contribution >= 4 is 53.0 Å². The van der Waals surface area contributed by atoms with Crippen LogP contribution < -0.4 is 16.0 Å². The quantitative estimate of drug-likeness (QED) is 0.616. The van der Waals surface area contributed by atoms with Crippen LogP contribution in [-0.2, 0) is 4.79 Å². The van der Waals surface area contributed by atoms with Crippen LogP contribution in [0.4, 0.5) is 5.69 Å². The van der Waals surface area contributed by atoms with E-state index in [9.17, 15) is 9.59 Å². The number of rotatable bonds is 6. The van der Waals surface area contributed by atoms with Gasteiger partial charge in [0.15, 0.2) is 0 Å². The van der Waals surface area contributed by atoms with Crippen LogP contribution in [0.1, 0.15) is 30.1 Å². The van der Waals surface area contributed by atoms with Crippen molar-refractivity contribution in [1.82, 2.24) is 10.6 Å². The van der Waals surface area contributed by atoms with E-state index in [1.807, 2.05) is 17.5 Å². The van der Waals surface area contributed by atoms with Gasteiger partial charge in [0.05, 0.1) is 9.96 Å². The fourth-order valence-corrected chi connectivity index (χ4v) is 4.46. The molecule has 146 valence electrons. The number of hydrogen-bond donors (Lipinski definition) is 3. The van der Waals surface area contributed by atoms with Gasteiger partial charge in [0.2, 0.25) is 5.91 Å². The van der Waals surface area contributed by atoms with Crippen LogP contribution >= 0.6 is 35.5 Å². The minimum Gasteiger partial charge on any atom is -0.348 e. The highest BCUT2D eigenvalue weighted by molar-refractivity contribution is 8.01. The number of amides is 2. The van der Waals surface area contributed by atoms with Gasteiger partial charge in [-0.15, -0.1) is 35.5 Å². The molecule has 0 saturated carbocycles. The Morgan fingerprint density at radius 3 is 2.70 bits per heavy atom. The van der Waals surface area contributed by atoms with Gasteiger partial charge >= 0.3 is 0 Å². The zero-order valence-electron chi connectivity index (χ0n) is 15.1. The second-order valence-corrected chi connectivity index (χ2v) is 8.53. The molecule has 1 saturated heterocycles. The van der Waals surface area contributed by atoms with Crippen molar-refractivity contribution in [1.29, 1.82) is 0 Å². The summed E-state index contributed by atoms with van der Waals surface area (Å²) in [7, 11) is 0. The van der Waals surface area contributed by atoms with Crippen molar-refractivity contribution in [3.05, 3.63) is 47.3 Å². The molecule has 2 amide bonds. The molecule has 1 aromatic carbocycles. The predicted molar refractivity (Wildman–Crippen MR) is 115 cm³/mol. The number of carbonyl (C=O) groups is 2. The normalized spacial score (nSPS) is 19.0. The van der Waals surface area contributed by atoms with Gasteiger partial charge < -0.3 is 16.0 Å². The largest absolute Gasteiger partial charge is 0.348 e. The summed E-state index contributed by atoms with van der Waals surface area (Å²) in [4.78, 5) is 24.4. The van der Waals surface area contributed by atoms with E-state index in [1.165, 1.54) is 11.8 Å². The van der Waals surface area contributed by atoms with Crippen LogP contribution in [0.15, 0.2) is 46.0 Å². The lowest BCUT2D eigenvalue weighted by atomic mass is 9.99. The highest BCUT2D eigenvalue weighted by Gasteiger charge is 2.22. The summed E-state index contributed by atoms with van der Waals surface area (Å²) in [5, 5.41) is 11.3. The molecule has 0 aliphatic carbocycles. The van der Waals surface area contributed by atoms with Gasteiger partial charge in [-0.2, -0.15) is 0 Å². The third-order valence-electron chi connectivity index (χ3n) is 4.35. The number of benzene rings is 1. The standard InChI is InChI=1S/C19H23N3O2S2.ClH/c1-13-16(4-2-10-20-13)22-19(24)14-6-8-15(9-7-14)21-17(23)12-26-18-5-3-11-25-18;/h3,5-9,11,13,16,20H,2,4,10,12H2,1H3,(H,21,23)(H,22,24);1H. The maximum absolute atomic E-state index is 12.4. The summed E-state index contributed by atoms with van der Waals surface area (Å²) in [6, 6.07) is 11.4. The van der Waals surface area contributed by atoms with Gasteiger partial charge in [-0.05, 0) is 62.0 Å². The molecule has 2 aromatic rings. The van der Waals surface area contributed by atoms with E-state index >= 15 is 0 Å². The summed E-state index contributed by atoms with van der Waals surface area (Å²) >= 11 is 3.14. The van der Waals surface area contributed by atoms with E-state index in [0.29, 0.717) is 17.0 Å². The third-order valence-corrected chi connectivity index (χ3v) is 6.48. The lowest BCUT2D eigenvalue weighted by molar-refractivity contribution is -0.113. The van der Waals surface area contributed by atoms with Crippen LogP contribution in [0.25, 0.3) is 0 Å². The molecule has 1 aliphatic heterocycles. The Bertz CT molecular complexity index is 738. The molecule has 1 fully saturated rings. The zero-order valence-corrected chi connectivity index (χ0v) is 17.5. The highest BCUT2D eigenvalue weighted by atomic mass is 35.5. The molecule has 2 heterocycles. The highest BCUT2D eigenvalue weighted by Crippen LogP contribution is 2.23. The molecule has 5 nitrogen and oxygen atoms in total. The average Bonchev–Trinajstić information content (AvgIpc) is 3.16. The number of piperidine rings is 1. The molecule has 1 aliphatic rings. The Morgan fingerprint density at radius 2 is 2.04 bits per heavy atom. The van der Waals surface area contributed by atoms with Crippen molar-refractivity contribution in [2.45, 2.75) is 36.1 Å². The summed E-state index contributed by atoms with van der Waals surface area (Å²) in [6.07, 6.45) is 2.07. The number of nitrogens with one attached hydrogen (secondary N) is 3. The summed E-state index contributed by atoms with van der Waals surface area (Å²) in [5.41, 5.74) is 1.31. The minimum atomic E-state index is -0.0725. The van der Waals surface area contributed by atoms with Crippen molar-refractivity contribution in [3.63, 3.8) is 0 Å². The second kappa shape index (κ2) is 10.7. The Balaban J connectivity index is 0.00000261. The van der Waals surface area contributed by atoms with Crippen molar-refractivity contribution in [3.8, 4) is 0 Å². The molecule has 1 aromatic heterocycles. The summed E-state index contributed by atoms with van der Waals surface area (Å²) in [5.74, 6) is 0.245. The fourth-order valence-electron chi connectivity index (χ4n) is 2.88. The Hall–Kier alpha value is -1.54. The van der Waals surface area contributed by atoms with E-state index in [0.717, 1.165) is 23.6 Å². The Labute approximate surface area is 174 Å². The molecule has 2 atom stereocenters. The Kier molecular flexibility index (Phi) is 8.63.